The molecule has 5 heteroatoms. The zero-order valence-corrected chi connectivity index (χ0v) is 15.3. The number of benzene rings is 1. The lowest BCUT2D eigenvalue weighted by Crippen LogP contribution is -2.19. The smallest absolute Gasteiger partial charge is 0.254 e. The van der Waals surface area contributed by atoms with Crippen LogP contribution in [0, 0.1) is 12.8 Å². The number of aryl methyl sites for hydroxylation is 1. The van der Waals surface area contributed by atoms with Crippen molar-refractivity contribution in [2.45, 2.75) is 52.0 Å². The molecule has 1 aliphatic carbocycles. The van der Waals surface area contributed by atoms with Crippen molar-refractivity contribution in [3.05, 3.63) is 53.5 Å². The Balaban J connectivity index is 1.66. The molecular weight excluding hydrogens is 310 g/mol. The van der Waals surface area contributed by atoms with Crippen LogP contribution in [0.2, 0.25) is 0 Å². The maximum absolute atomic E-state index is 4.42. The first-order valence-corrected chi connectivity index (χ1v) is 9.01. The SMILES string of the molecule is Cc1cc(NC(c2ccc(C3(C)CC3)cc2)C(C)C)n2ncnc2n1. The maximum atomic E-state index is 4.42. The molecule has 0 spiro atoms. The fraction of sp³-hybridized carbons (Fsp3) is 0.450. The van der Waals surface area contributed by atoms with E-state index >= 15 is 0 Å². The zero-order valence-electron chi connectivity index (χ0n) is 15.3. The lowest BCUT2D eigenvalue weighted by Gasteiger charge is -2.25. The molecule has 1 aromatic carbocycles. The Kier molecular flexibility index (Phi) is 3.74. The van der Waals surface area contributed by atoms with Crippen molar-refractivity contribution in [3.63, 3.8) is 0 Å². The van der Waals surface area contributed by atoms with Gasteiger partial charge in [0.25, 0.3) is 5.78 Å². The highest BCUT2D eigenvalue weighted by Crippen LogP contribution is 2.47. The molecule has 1 saturated carbocycles. The average Bonchev–Trinajstić information content (AvgIpc) is 3.16. The number of hydrogen-bond acceptors (Lipinski definition) is 4. The van der Waals surface area contributed by atoms with Crippen LogP contribution in [0.15, 0.2) is 36.7 Å². The summed E-state index contributed by atoms with van der Waals surface area (Å²) in [6.07, 6.45) is 4.15. The monoisotopic (exact) mass is 335 g/mol. The molecule has 25 heavy (non-hydrogen) atoms. The largest absolute Gasteiger partial charge is 0.363 e. The Hall–Kier alpha value is -2.43. The summed E-state index contributed by atoms with van der Waals surface area (Å²) in [6.45, 7) is 8.80. The molecule has 3 aromatic rings. The Morgan fingerprint density at radius 3 is 2.52 bits per heavy atom. The van der Waals surface area contributed by atoms with E-state index in [1.807, 2.05) is 13.0 Å². The van der Waals surface area contributed by atoms with E-state index in [-0.39, 0.29) is 6.04 Å². The number of nitrogens with one attached hydrogen (secondary N) is 1. The highest BCUT2D eigenvalue weighted by Gasteiger charge is 2.38. The van der Waals surface area contributed by atoms with E-state index in [9.17, 15) is 0 Å². The van der Waals surface area contributed by atoms with Gasteiger partial charge < -0.3 is 5.32 Å². The summed E-state index contributed by atoms with van der Waals surface area (Å²) in [7, 11) is 0. The summed E-state index contributed by atoms with van der Waals surface area (Å²) in [4.78, 5) is 8.63. The lowest BCUT2D eigenvalue weighted by molar-refractivity contribution is 0.542. The van der Waals surface area contributed by atoms with Gasteiger partial charge in [0.2, 0.25) is 0 Å². The molecule has 2 aromatic heterocycles. The second-order valence-electron chi connectivity index (χ2n) is 7.80. The van der Waals surface area contributed by atoms with Crippen molar-refractivity contribution < 1.29 is 0 Å². The number of anilines is 1. The van der Waals surface area contributed by atoms with Gasteiger partial charge >= 0.3 is 0 Å². The highest BCUT2D eigenvalue weighted by atomic mass is 15.4. The summed E-state index contributed by atoms with van der Waals surface area (Å²) in [6, 6.07) is 11.4. The van der Waals surface area contributed by atoms with Crippen molar-refractivity contribution in [3.8, 4) is 0 Å². The Bertz CT molecular complexity index is 890. The van der Waals surface area contributed by atoms with Crippen LogP contribution in [-0.2, 0) is 5.41 Å². The molecular formula is C20H25N5. The summed E-state index contributed by atoms with van der Waals surface area (Å²) in [5, 5.41) is 7.96. The molecule has 0 saturated heterocycles. The molecule has 1 fully saturated rings. The van der Waals surface area contributed by atoms with Crippen LogP contribution >= 0.6 is 0 Å². The van der Waals surface area contributed by atoms with Crippen LogP contribution in [0.3, 0.4) is 0 Å². The topological polar surface area (TPSA) is 55.1 Å². The second kappa shape index (κ2) is 5.83. The van der Waals surface area contributed by atoms with E-state index in [1.165, 1.54) is 24.0 Å². The van der Waals surface area contributed by atoms with E-state index in [2.05, 4.69) is 65.4 Å². The highest BCUT2D eigenvalue weighted by molar-refractivity contribution is 5.47. The van der Waals surface area contributed by atoms with Gasteiger partial charge in [-0.05, 0) is 42.2 Å². The standard InChI is InChI=1S/C20H25N5/c1-13(2)18(15-5-7-16(8-6-15)20(4)9-10-20)24-17-11-14(3)23-19-21-12-22-25(17)19/h5-8,11-13,18,24H,9-10H2,1-4H3. The molecule has 5 nitrogen and oxygen atoms in total. The number of fused-ring (bicyclic) bond motifs is 1. The predicted octanol–water partition coefficient (Wildman–Crippen LogP) is 4.29. The molecule has 1 N–H and O–H groups in total. The van der Waals surface area contributed by atoms with Crippen LogP contribution in [0.4, 0.5) is 5.82 Å². The number of hydrogen-bond donors (Lipinski definition) is 1. The molecule has 2 heterocycles. The summed E-state index contributed by atoms with van der Waals surface area (Å²) >= 11 is 0. The molecule has 0 bridgehead atoms. The predicted molar refractivity (Wildman–Crippen MR) is 99.7 cm³/mol. The molecule has 0 aliphatic heterocycles. The van der Waals surface area contributed by atoms with Crippen LogP contribution in [0.25, 0.3) is 5.78 Å². The lowest BCUT2D eigenvalue weighted by atomic mass is 9.92. The molecule has 1 unspecified atom stereocenters. The molecule has 130 valence electrons. The van der Waals surface area contributed by atoms with E-state index in [1.54, 1.807) is 10.8 Å². The normalized spacial score (nSPS) is 17.0. The van der Waals surface area contributed by atoms with Gasteiger partial charge in [-0.2, -0.15) is 14.6 Å². The summed E-state index contributed by atoms with van der Waals surface area (Å²) in [5.41, 5.74) is 4.10. The van der Waals surface area contributed by atoms with E-state index < -0.39 is 0 Å². The van der Waals surface area contributed by atoms with Gasteiger partial charge in [-0.15, -0.1) is 0 Å². The molecule has 0 amide bonds. The third-order valence-electron chi connectivity index (χ3n) is 5.32. The minimum Gasteiger partial charge on any atom is -0.363 e. The summed E-state index contributed by atoms with van der Waals surface area (Å²) < 4.78 is 1.77. The molecule has 1 aliphatic rings. The van der Waals surface area contributed by atoms with E-state index in [0.717, 1.165) is 11.5 Å². The second-order valence-corrected chi connectivity index (χ2v) is 7.80. The average molecular weight is 335 g/mol. The Labute approximate surface area is 148 Å². The van der Waals surface area contributed by atoms with Gasteiger partial charge in [0.05, 0.1) is 6.04 Å². The van der Waals surface area contributed by atoms with Crippen molar-refractivity contribution in [2.24, 2.45) is 5.92 Å². The molecule has 0 radical (unpaired) electrons. The number of rotatable bonds is 5. The van der Waals surface area contributed by atoms with E-state index in [4.69, 9.17) is 0 Å². The minimum absolute atomic E-state index is 0.204. The van der Waals surface area contributed by atoms with Crippen LogP contribution in [0.1, 0.15) is 56.5 Å². The number of nitrogens with zero attached hydrogens (tertiary/aromatic N) is 4. The molecule has 4 rings (SSSR count). The van der Waals surface area contributed by atoms with Crippen molar-refractivity contribution in [1.29, 1.82) is 0 Å². The van der Waals surface area contributed by atoms with Crippen LogP contribution < -0.4 is 5.32 Å². The zero-order chi connectivity index (χ0) is 17.6. The maximum Gasteiger partial charge on any atom is 0.254 e. The van der Waals surface area contributed by atoms with Crippen LogP contribution in [-0.4, -0.2) is 19.6 Å². The Morgan fingerprint density at radius 1 is 1.16 bits per heavy atom. The minimum atomic E-state index is 0.204. The fourth-order valence-electron chi connectivity index (χ4n) is 3.40. The summed E-state index contributed by atoms with van der Waals surface area (Å²) in [5.74, 6) is 1.99. The molecule has 1 atom stereocenters. The van der Waals surface area contributed by atoms with Crippen molar-refractivity contribution >= 4 is 11.6 Å². The first-order valence-electron chi connectivity index (χ1n) is 9.01. The van der Waals surface area contributed by atoms with E-state index in [0.29, 0.717) is 17.1 Å². The third-order valence-corrected chi connectivity index (χ3v) is 5.32. The third kappa shape index (κ3) is 2.99. The quantitative estimate of drug-likeness (QED) is 0.755. The first-order chi connectivity index (χ1) is 12.0. The van der Waals surface area contributed by atoms with Crippen molar-refractivity contribution in [1.82, 2.24) is 19.6 Å². The van der Waals surface area contributed by atoms with Crippen molar-refractivity contribution in [2.75, 3.05) is 5.32 Å². The van der Waals surface area contributed by atoms with Crippen LogP contribution in [0.5, 0.6) is 0 Å². The fourth-order valence-corrected chi connectivity index (χ4v) is 3.40. The number of aromatic nitrogens is 4. The van der Waals surface area contributed by atoms with Gasteiger partial charge in [0, 0.05) is 11.8 Å². The van der Waals surface area contributed by atoms with Gasteiger partial charge in [0.15, 0.2) is 0 Å². The van der Waals surface area contributed by atoms with Gasteiger partial charge in [0.1, 0.15) is 12.1 Å². The van der Waals surface area contributed by atoms with Gasteiger partial charge in [-0.3, -0.25) is 0 Å². The van der Waals surface area contributed by atoms with Gasteiger partial charge in [-0.25, -0.2) is 4.98 Å². The Morgan fingerprint density at radius 2 is 1.88 bits per heavy atom. The first kappa shape index (κ1) is 16.1. The van der Waals surface area contributed by atoms with Gasteiger partial charge in [-0.1, -0.05) is 45.0 Å².